The zero-order chi connectivity index (χ0) is 13.0. The van der Waals surface area contributed by atoms with Gasteiger partial charge in [0.05, 0.1) is 6.10 Å². The summed E-state index contributed by atoms with van der Waals surface area (Å²) in [6.45, 7) is 0.726. The molecule has 1 aliphatic rings. The largest absolute Gasteiger partial charge is 0.378 e. The highest BCUT2D eigenvalue weighted by molar-refractivity contribution is 6.30. The predicted octanol–water partition coefficient (Wildman–Crippen LogP) is 3.55. The van der Waals surface area contributed by atoms with Gasteiger partial charge in [-0.3, -0.25) is 4.79 Å². The molecule has 1 saturated heterocycles. The molecule has 4 heteroatoms. The molecule has 1 unspecified atom stereocenters. The van der Waals surface area contributed by atoms with Crippen molar-refractivity contribution in [3.63, 3.8) is 0 Å². The van der Waals surface area contributed by atoms with Crippen molar-refractivity contribution < 1.29 is 13.9 Å². The van der Waals surface area contributed by atoms with Crippen molar-refractivity contribution in [3.05, 3.63) is 34.6 Å². The van der Waals surface area contributed by atoms with E-state index in [1.54, 1.807) is 0 Å². The van der Waals surface area contributed by atoms with Crippen molar-refractivity contribution in [2.75, 3.05) is 6.61 Å². The molecule has 0 N–H and O–H groups in total. The van der Waals surface area contributed by atoms with Gasteiger partial charge >= 0.3 is 0 Å². The van der Waals surface area contributed by atoms with Crippen LogP contribution in [0.1, 0.15) is 31.2 Å². The summed E-state index contributed by atoms with van der Waals surface area (Å²) in [6.07, 6.45) is 3.55. The maximum atomic E-state index is 13.5. The molecule has 0 amide bonds. The van der Waals surface area contributed by atoms with E-state index in [2.05, 4.69) is 0 Å². The quantitative estimate of drug-likeness (QED) is 0.836. The summed E-state index contributed by atoms with van der Waals surface area (Å²) in [6, 6.07) is 4.29. The number of ether oxygens (including phenoxy) is 1. The molecule has 1 aromatic rings. The highest BCUT2D eigenvalue weighted by Crippen LogP contribution is 2.19. The molecule has 2 nitrogen and oxygen atoms in total. The Balaban J connectivity index is 1.92. The Bertz CT molecular complexity index is 428. The minimum Gasteiger partial charge on any atom is -0.378 e. The van der Waals surface area contributed by atoms with Gasteiger partial charge in [-0.05, 0) is 43.0 Å². The van der Waals surface area contributed by atoms with Crippen LogP contribution in [0.5, 0.6) is 0 Å². The van der Waals surface area contributed by atoms with Crippen LogP contribution in [0, 0.1) is 5.82 Å². The lowest BCUT2D eigenvalue weighted by Gasteiger charge is -2.21. The summed E-state index contributed by atoms with van der Waals surface area (Å²) < 4.78 is 19.0. The van der Waals surface area contributed by atoms with Crippen LogP contribution in [0.3, 0.4) is 0 Å². The van der Waals surface area contributed by atoms with Gasteiger partial charge < -0.3 is 4.74 Å². The number of hydrogen-bond donors (Lipinski definition) is 0. The molecule has 1 aromatic carbocycles. The van der Waals surface area contributed by atoms with Crippen LogP contribution in [0.15, 0.2) is 18.2 Å². The third-order valence-electron chi connectivity index (χ3n) is 3.12. The second kappa shape index (κ2) is 6.30. The maximum absolute atomic E-state index is 13.5. The van der Waals surface area contributed by atoms with E-state index in [9.17, 15) is 9.18 Å². The Hall–Kier alpha value is -0.930. The van der Waals surface area contributed by atoms with Gasteiger partial charge in [0, 0.05) is 24.5 Å². The topological polar surface area (TPSA) is 26.3 Å². The number of rotatable bonds is 4. The summed E-state index contributed by atoms with van der Waals surface area (Å²) in [5.74, 6) is -0.375. The van der Waals surface area contributed by atoms with Gasteiger partial charge in [-0.1, -0.05) is 11.6 Å². The molecule has 98 valence electrons. The number of hydrogen-bond acceptors (Lipinski definition) is 2. The minimum absolute atomic E-state index is 0.00284. The fraction of sp³-hybridized carbons (Fsp3) is 0.500. The van der Waals surface area contributed by atoms with Crippen molar-refractivity contribution in [2.24, 2.45) is 0 Å². The first-order valence-corrected chi connectivity index (χ1v) is 6.60. The maximum Gasteiger partial charge on any atom is 0.139 e. The lowest BCUT2D eigenvalue weighted by molar-refractivity contribution is -0.122. The van der Waals surface area contributed by atoms with Crippen LogP contribution in [-0.2, 0) is 16.0 Å². The van der Waals surface area contributed by atoms with Crippen molar-refractivity contribution in [1.82, 2.24) is 0 Å². The van der Waals surface area contributed by atoms with E-state index in [0.717, 1.165) is 25.9 Å². The van der Waals surface area contributed by atoms with E-state index < -0.39 is 0 Å². The standard InChI is InChI=1S/C14H16ClFO2/c15-11-4-5-14(16)10(7-11)8-12(17)9-13-3-1-2-6-18-13/h4-5,7,13H,1-3,6,8-9H2. The Morgan fingerprint density at radius 1 is 1.44 bits per heavy atom. The summed E-state index contributed by atoms with van der Waals surface area (Å²) in [4.78, 5) is 11.9. The number of ketones is 1. The molecule has 2 rings (SSSR count). The van der Waals surface area contributed by atoms with E-state index in [4.69, 9.17) is 16.3 Å². The molecule has 1 fully saturated rings. The molecule has 0 saturated carbocycles. The first kappa shape index (κ1) is 13.5. The molecule has 1 heterocycles. The van der Waals surface area contributed by atoms with Crippen LogP contribution < -0.4 is 0 Å². The number of Topliss-reactive ketones (excluding diaryl/α,β-unsaturated/α-hetero) is 1. The zero-order valence-corrected chi connectivity index (χ0v) is 10.9. The highest BCUT2D eigenvalue weighted by Gasteiger charge is 2.18. The van der Waals surface area contributed by atoms with Gasteiger partial charge in [-0.25, -0.2) is 4.39 Å². The molecule has 18 heavy (non-hydrogen) atoms. The van der Waals surface area contributed by atoms with Gasteiger partial charge in [-0.15, -0.1) is 0 Å². The first-order valence-electron chi connectivity index (χ1n) is 6.22. The van der Waals surface area contributed by atoms with Crippen molar-refractivity contribution >= 4 is 17.4 Å². The van der Waals surface area contributed by atoms with Crippen LogP contribution in [0.4, 0.5) is 4.39 Å². The van der Waals surface area contributed by atoms with Crippen molar-refractivity contribution in [3.8, 4) is 0 Å². The van der Waals surface area contributed by atoms with Crippen LogP contribution in [0.2, 0.25) is 5.02 Å². The second-order valence-electron chi connectivity index (χ2n) is 4.64. The molecular weight excluding hydrogens is 255 g/mol. The first-order chi connectivity index (χ1) is 8.65. The van der Waals surface area contributed by atoms with Gasteiger partial charge in [0.2, 0.25) is 0 Å². The van der Waals surface area contributed by atoms with E-state index in [1.807, 2.05) is 0 Å². The van der Waals surface area contributed by atoms with Crippen LogP contribution >= 0.6 is 11.6 Å². The average molecular weight is 271 g/mol. The molecule has 0 aromatic heterocycles. The Kier molecular flexibility index (Phi) is 4.72. The summed E-state index contributed by atoms with van der Waals surface area (Å²) in [5.41, 5.74) is 0.364. The van der Waals surface area contributed by atoms with E-state index in [0.29, 0.717) is 17.0 Å². The van der Waals surface area contributed by atoms with Gasteiger partial charge in [-0.2, -0.15) is 0 Å². The van der Waals surface area contributed by atoms with E-state index in [-0.39, 0.29) is 24.1 Å². The van der Waals surface area contributed by atoms with Crippen molar-refractivity contribution in [2.45, 2.75) is 38.2 Å². The Morgan fingerprint density at radius 2 is 2.28 bits per heavy atom. The molecule has 0 spiro atoms. The van der Waals surface area contributed by atoms with Crippen molar-refractivity contribution in [1.29, 1.82) is 0 Å². The molecular formula is C14H16ClFO2. The fourth-order valence-electron chi connectivity index (χ4n) is 2.19. The molecule has 0 aliphatic carbocycles. The highest BCUT2D eigenvalue weighted by atomic mass is 35.5. The average Bonchev–Trinajstić information content (AvgIpc) is 2.35. The summed E-state index contributed by atoms with van der Waals surface area (Å²) in [5, 5.41) is 0.452. The number of halogens is 2. The number of benzene rings is 1. The lowest BCUT2D eigenvalue weighted by Crippen LogP contribution is -2.23. The van der Waals surface area contributed by atoms with Gasteiger partial charge in [0.15, 0.2) is 0 Å². The minimum atomic E-state index is -0.377. The normalized spacial score (nSPS) is 19.8. The van der Waals surface area contributed by atoms with Crippen LogP contribution in [0.25, 0.3) is 0 Å². The monoisotopic (exact) mass is 270 g/mol. The Morgan fingerprint density at radius 3 is 3.00 bits per heavy atom. The van der Waals surface area contributed by atoms with Crippen LogP contribution in [-0.4, -0.2) is 18.5 Å². The summed E-state index contributed by atoms with van der Waals surface area (Å²) in [7, 11) is 0. The third-order valence-corrected chi connectivity index (χ3v) is 3.36. The van der Waals surface area contributed by atoms with E-state index in [1.165, 1.54) is 18.2 Å². The Labute approximate surface area is 111 Å². The molecule has 0 bridgehead atoms. The lowest BCUT2D eigenvalue weighted by atomic mass is 10.00. The smallest absolute Gasteiger partial charge is 0.139 e. The molecule has 1 atom stereocenters. The van der Waals surface area contributed by atoms with E-state index >= 15 is 0 Å². The van der Waals surface area contributed by atoms with Gasteiger partial charge in [0.1, 0.15) is 11.6 Å². The number of carbonyl (C=O) groups excluding carboxylic acids is 1. The molecule has 1 aliphatic heterocycles. The second-order valence-corrected chi connectivity index (χ2v) is 5.08. The number of carbonyl (C=O) groups is 1. The van der Waals surface area contributed by atoms with Gasteiger partial charge in [0.25, 0.3) is 0 Å². The zero-order valence-electron chi connectivity index (χ0n) is 10.1. The molecule has 0 radical (unpaired) electrons. The fourth-order valence-corrected chi connectivity index (χ4v) is 2.38. The summed E-state index contributed by atoms with van der Waals surface area (Å²) >= 11 is 5.79. The predicted molar refractivity (Wildman–Crippen MR) is 68.3 cm³/mol. The SMILES string of the molecule is O=C(Cc1cc(Cl)ccc1F)CC1CCCCO1. The third kappa shape index (κ3) is 3.79.